The fourth-order valence-electron chi connectivity index (χ4n) is 1.48. The molecule has 1 aromatic heterocycles. The summed E-state index contributed by atoms with van der Waals surface area (Å²) >= 11 is 0. The Morgan fingerprint density at radius 1 is 1.10 bits per heavy atom. The van der Waals surface area contributed by atoms with E-state index in [1.807, 2.05) is 6.92 Å². The Bertz CT molecular complexity index is 588. The summed E-state index contributed by atoms with van der Waals surface area (Å²) in [5.41, 5.74) is -0.277. The lowest BCUT2D eigenvalue weighted by molar-refractivity contribution is 0.477. The molecule has 0 aliphatic rings. The number of hydrogen-bond acceptors (Lipinski definition) is 5. The molecule has 2 aromatic rings. The second-order valence-corrected chi connectivity index (χ2v) is 4.05. The van der Waals surface area contributed by atoms with Crippen molar-refractivity contribution < 1.29 is 17.6 Å². The SMILES string of the molecule is CCCNCc1nnc(Nc2cc(F)c(F)cc2F)o1. The van der Waals surface area contributed by atoms with Crippen LogP contribution in [0, 0.1) is 17.5 Å². The lowest BCUT2D eigenvalue weighted by Crippen LogP contribution is -2.13. The number of halogens is 3. The van der Waals surface area contributed by atoms with Crippen molar-refractivity contribution in [3.63, 3.8) is 0 Å². The minimum absolute atomic E-state index is 0.0943. The average Bonchev–Trinajstić information content (AvgIpc) is 2.84. The van der Waals surface area contributed by atoms with Gasteiger partial charge in [-0.25, -0.2) is 13.2 Å². The maximum Gasteiger partial charge on any atom is 0.320 e. The van der Waals surface area contributed by atoms with Crippen molar-refractivity contribution in [2.45, 2.75) is 19.9 Å². The molecule has 2 N–H and O–H groups in total. The zero-order chi connectivity index (χ0) is 14.5. The maximum atomic E-state index is 13.4. The Balaban J connectivity index is 2.05. The van der Waals surface area contributed by atoms with E-state index in [-0.39, 0.29) is 11.7 Å². The quantitative estimate of drug-likeness (QED) is 0.631. The minimum atomic E-state index is -1.26. The summed E-state index contributed by atoms with van der Waals surface area (Å²) in [5, 5.41) is 12.8. The van der Waals surface area contributed by atoms with E-state index >= 15 is 0 Å². The summed E-state index contributed by atoms with van der Waals surface area (Å²) < 4.78 is 44.4. The Morgan fingerprint density at radius 3 is 2.60 bits per heavy atom. The van der Waals surface area contributed by atoms with E-state index in [2.05, 4.69) is 20.8 Å². The van der Waals surface area contributed by atoms with Crippen LogP contribution in [0.15, 0.2) is 16.5 Å². The molecular weight excluding hydrogens is 273 g/mol. The first-order valence-corrected chi connectivity index (χ1v) is 6.04. The van der Waals surface area contributed by atoms with Gasteiger partial charge in [-0.1, -0.05) is 12.0 Å². The second kappa shape index (κ2) is 6.38. The third kappa shape index (κ3) is 3.47. The van der Waals surface area contributed by atoms with Crippen LogP contribution in [0.25, 0.3) is 0 Å². The van der Waals surface area contributed by atoms with Gasteiger partial charge in [0.15, 0.2) is 11.6 Å². The van der Waals surface area contributed by atoms with Crippen LogP contribution >= 0.6 is 0 Å². The van der Waals surface area contributed by atoms with E-state index in [1.165, 1.54) is 0 Å². The van der Waals surface area contributed by atoms with Crippen molar-refractivity contribution in [3.8, 4) is 0 Å². The van der Waals surface area contributed by atoms with Gasteiger partial charge in [-0.05, 0) is 13.0 Å². The Hall–Kier alpha value is -2.09. The van der Waals surface area contributed by atoms with Crippen LogP contribution in [-0.2, 0) is 6.54 Å². The monoisotopic (exact) mass is 286 g/mol. The van der Waals surface area contributed by atoms with Crippen molar-refractivity contribution in [2.75, 3.05) is 11.9 Å². The highest BCUT2D eigenvalue weighted by atomic mass is 19.2. The van der Waals surface area contributed by atoms with Crippen LogP contribution in [0.4, 0.5) is 24.9 Å². The number of hydrogen-bond donors (Lipinski definition) is 2. The molecule has 0 saturated carbocycles. The van der Waals surface area contributed by atoms with Crippen molar-refractivity contribution >= 4 is 11.7 Å². The predicted octanol–water partition coefficient (Wildman–Crippen LogP) is 2.73. The smallest absolute Gasteiger partial charge is 0.320 e. The number of nitrogens with zero attached hydrogens (tertiary/aromatic N) is 2. The maximum absolute atomic E-state index is 13.4. The van der Waals surface area contributed by atoms with Crippen LogP contribution in [0.1, 0.15) is 19.2 Å². The molecule has 0 unspecified atom stereocenters. The molecule has 108 valence electrons. The number of benzene rings is 1. The van der Waals surface area contributed by atoms with Crippen molar-refractivity contribution in [3.05, 3.63) is 35.5 Å². The highest BCUT2D eigenvalue weighted by Gasteiger charge is 2.12. The molecule has 0 saturated heterocycles. The standard InChI is InChI=1S/C12H13F3N4O/c1-2-3-16-6-11-18-19-12(20-11)17-10-5-8(14)7(13)4-9(10)15/h4-5,16H,2-3,6H2,1H3,(H,17,19). The number of aromatic nitrogens is 2. The van der Waals surface area contributed by atoms with Gasteiger partial charge >= 0.3 is 6.01 Å². The fourth-order valence-corrected chi connectivity index (χ4v) is 1.48. The molecule has 5 nitrogen and oxygen atoms in total. The van der Waals surface area contributed by atoms with Gasteiger partial charge in [0.1, 0.15) is 5.82 Å². The molecule has 0 spiro atoms. The Kier molecular flexibility index (Phi) is 4.57. The molecule has 0 atom stereocenters. The number of nitrogens with one attached hydrogen (secondary N) is 2. The van der Waals surface area contributed by atoms with E-state index in [4.69, 9.17) is 4.42 Å². The van der Waals surface area contributed by atoms with Crippen LogP contribution in [0.2, 0.25) is 0 Å². The first-order chi connectivity index (χ1) is 9.60. The van der Waals surface area contributed by atoms with Gasteiger partial charge in [-0.15, -0.1) is 5.10 Å². The second-order valence-electron chi connectivity index (χ2n) is 4.05. The summed E-state index contributed by atoms with van der Waals surface area (Å²) in [6, 6.07) is 1.03. The molecule has 0 fully saturated rings. The molecule has 0 amide bonds. The molecule has 20 heavy (non-hydrogen) atoms. The summed E-state index contributed by atoms with van der Waals surface area (Å²) in [4.78, 5) is 0. The molecule has 0 bridgehead atoms. The van der Waals surface area contributed by atoms with Gasteiger partial charge < -0.3 is 15.1 Å². The van der Waals surface area contributed by atoms with Gasteiger partial charge in [-0.3, -0.25) is 0 Å². The fraction of sp³-hybridized carbons (Fsp3) is 0.333. The van der Waals surface area contributed by atoms with E-state index in [0.29, 0.717) is 24.6 Å². The zero-order valence-electron chi connectivity index (χ0n) is 10.7. The third-order valence-electron chi connectivity index (χ3n) is 2.42. The molecule has 2 rings (SSSR count). The highest BCUT2D eigenvalue weighted by Crippen LogP contribution is 2.22. The van der Waals surface area contributed by atoms with Gasteiger partial charge in [-0.2, -0.15) is 0 Å². The average molecular weight is 286 g/mol. The van der Waals surface area contributed by atoms with Crippen molar-refractivity contribution in [1.82, 2.24) is 15.5 Å². The molecular formula is C12H13F3N4O. The summed E-state index contributed by atoms with van der Waals surface area (Å²) in [5.74, 6) is -3.07. The molecule has 1 heterocycles. The normalized spacial score (nSPS) is 10.8. The topological polar surface area (TPSA) is 63.0 Å². The molecule has 0 radical (unpaired) electrons. The van der Waals surface area contributed by atoms with E-state index in [9.17, 15) is 13.2 Å². The van der Waals surface area contributed by atoms with E-state index < -0.39 is 17.5 Å². The van der Waals surface area contributed by atoms with Crippen LogP contribution in [0.5, 0.6) is 0 Å². The highest BCUT2D eigenvalue weighted by molar-refractivity contribution is 5.52. The summed E-state index contributed by atoms with van der Waals surface area (Å²) in [6.45, 7) is 3.19. The van der Waals surface area contributed by atoms with Gasteiger partial charge in [0.2, 0.25) is 5.89 Å². The number of rotatable bonds is 6. The van der Waals surface area contributed by atoms with Crippen LogP contribution < -0.4 is 10.6 Å². The zero-order valence-corrected chi connectivity index (χ0v) is 10.7. The van der Waals surface area contributed by atoms with Crippen LogP contribution in [0.3, 0.4) is 0 Å². The van der Waals surface area contributed by atoms with Crippen molar-refractivity contribution in [1.29, 1.82) is 0 Å². The Labute approximate surface area is 113 Å². The van der Waals surface area contributed by atoms with E-state index in [0.717, 1.165) is 13.0 Å². The van der Waals surface area contributed by atoms with E-state index in [1.54, 1.807) is 0 Å². The number of anilines is 2. The van der Waals surface area contributed by atoms with Gasteiger partial charge in [0.05, 0.1) is 12.2 Å². The molecule has 1 aromatic carbocycles. The minimum Gasteiger partial charge on any atom is -0.406 e. The largest absolute Gasteiger partial charge is 0.406 e. The Morgan fingerprint density at radius 2 is 1.85 bits per heavy atom. The lowest BCUT2D eigenvalue weighted by atomic mass is 10.3. The van der Waals surface area contributed by atoms with Crippen LogP contribution in [-0.4, -0.2) is 16.7 Å². The molecule has 0 aliphatic carbocycles. The van der Waals surface area contributed by atoms with Crippen molar-refractivity contribution in [2.24, 2.45) is 0 Å². The van der Waals surface area contributed by atoms with Gasteiger partial charge in [0.25, 0.3) is 0 Å². The predicted molar refractivity (Wildman–Crippen MR) is 65.9 cm³/mol. The first-order valence-electron chi connectivity index (χ1n) is 6.04. The summed E-state index contributed by atoms with van der Waals surface area (Å²) in [7, 11) is 0. The molecule has 8 heteroatoms. The van der Waals surface area contributed by atoms with Gasteiger partial charge in [0, 0.05) is 12.1 Å². The summed E-state index contributed by atoms with van der Waals surface area (Å²) in [6.07, 6.45) is 0.958. The molecule has 0 aliphatic heterocycles. The lowest BCUT2D eigenvalue weighted by Gasteiger charge is -2.03. The first kappa shape index (κ1) is 14.3. The third-order valence-corrected chi connectivity index (χ3v) is 2.42.